The molecule has 174 valence electrons. The first-order chi connectivity index (χ1) is 16.5. The second kappa shape index (κ2) is 9.57. The second-order valence-corrected chi connectivity index (χ2v) is 9.26. The maximum Gasteiger partial charge on any atom is 0.325 e. The van der Waals surface area contributed by atoms with Crippen LogP contribution in [0.25, 0.3) is 10.9 Å². The van der Waals surface area contributed by atoms with Crippen LogP contribution in [0.4, 0.5) is 4.39 Å². The number of aromatic nitrogens is 2. The van der Waals surface area contributed by atoms with Crippen LogP contribution < -0.4 is 10.3 Å². The Hall–Kier alpha value is -3.21. The minimum atomic E-state index is -0.579. The number of benzene rings is 2. The maximum absolute atomic E-state index is 14.4. The van der Waals surface area contributed by atoms with Gasteiger partial charge in [-0.3, -0.25) is 14.2 Å². The summed E-state index contributed by atoms with van der Waals surface area (Å²) in [5.41, 5.74) is 2.28. The number of halogens is 1. The predicted molar refractivity (Wildman–Crippen MR) is 126 cm³/mol. The molecule has 0 amide bonds. The van der Waals surface area contributed by atoms with Gasteiger partial charge in [0.05, 0.1) is 24.6 Å². The molecule has 2 aromatic heterocycles. The topological polar surface area (TPSA) is 79.7 Å². The summed E-state index contributed by atoms with van der Waals surface area (Å²) in [6.45, 7) is -0.0616. The minimum Gasteiger partial charge on any atom is -0.468 e. The fraction of sp³-hybridized carbons (Fsp3) is 0.208. The van der Waals surface area contributed by atoms with Crippen LogP contribution in [0.1, 0.15) is 23.0 Å². The Kier molecular flexibility index (Phi) is 6.36. The molecule has 0 saturated heterocycles. The number of para-hydroxylation sites is 1. The number of thioether (sulfide) groups is 1. The monoisotopic (exact) mass is 498 g/mol. The predicted octanol–water partition coefficient (Wildman–Crippen LogP) is 4.67. The largest absolute Gasteiger partial charge is 0.468 e. The van der Waals surface area contributed by atoms with E-state index in [0.717, 1.165) is 5.56 Å². The van der Waals surface area contributed by atoms with Gasteiger partial charge in [0.25, 0.3) is 5.56 Å². The van der Waals surface area contributed by atoms with Gasteiger partial charge in [0, 0.05) is 27.8 Å². The molecule has 0 unspecified atom stereocenters. The van der Waals surface area contributed by atoms with Crippen molar-refractivity contribution in [2.24, 2.45) is 0 Å². The molecule has 0 saturated carbocycles. The van der Waals surface area contributed by atoms with Gasteiger partial charge in [-0.05, 0) is 35.7 Å². The number of carbonyl (C=O) groups excluding carboxylic acids is 1. The van der Waals surface area contributed by atoms with Gasteiger partial charge in [0.1, 0.15) is 18.1 Å². The Morgan fingerprint density at radius 1 is 1.32 bits per heavy atom. The number of thiophene rings is 1. The molecule has 0 N–H and O–H groups in total. The molecule has 0 bridgehead atoms. The molecule has 1 aliphatic rings. The summed E-state index contributed by atoms with van der Waals surface area (Å²) >= 11 is 2.76. The molecular formula is C24H19FN2O5S2. The van der Waals surface area contributed by atoms with E-state index in [1.807, 2.05) is 16.8 Å². The first-order valence-electron chi connectivity index (χ1n) is 10.3. The molecule has 0 fully saturated rings. The minimum absolute atomic E-state index is 0.215. The van der Waals surface area contributed by atoms with Gasteiger partial charge in [-0.1, -0.05) is 23.9 Å². The number of carbonyl (C=O) groups is 1. The highest BCUT2D eigenvalue weighted by atomic mass is 32.2. The van der Waals surface area contributed by atoms with E-state index in [1.54, 1.807) is 24.3 Å². The molecule has 4 aromatic rings. The number of fused-ring (bicyclic) bond motifs is 2. The number of methoxy groups -OCH3 is 1. The fourth-order valence-electron chi connectivity index (χ4n) is 3.69. The molecule has 1 atom stereocenters. The first kappa shape index (κ1) is 22.6. The molecule has 0 aliphatic carbocycles. The van der Waals surface area contributed by atoms with Crippen molar-refractivity contribution in [1.29, 1.82) is 0 Å². The number of rotatable bonds is 6. The van der Waals surface area contributed by atoms with Gasteiger partial charge in [0.15, 0.2) is 5.16 Å². The Morgan fingerprint density at radius 3 is 2.97 bits per heavy atom. The van der Waals surface area contributed by atoms with Gasteiger partial charge in [-0.25, -0.2) is 9.37 Å². The molecule has 5 rings (SSSR count). The van der Waals surface area contributed by atoms with Crippen LogP contribution in [0.3, 0.4) is 0 Å². The first-order valence-corrected chi connectivity index (χ1v) is 12.3. The summed E-state index contributed by atoms with van der Waals surface area (Å²) in [5, 5.41) is 4.61. The van der Waals surface area contributed by atoms with Crippen LogP contribution in [-0.2, 0) is 33.2 Å². The average molecular weight is 499 g/mol. The number of ether oxygens (including phenoxy) is 3. The molecule has 7 nitrogen and oxygen atoms in total. The summed E-state index contributed by atoms with van der Waals surface area (Å²) in [6.07, 6.45) is -0.579. The Morgan fingerprint density at radius 2 is 2.18 bits per heavy atom. The quantitative estimate of drug-likeness (QED) is 0.217. The zero-order valence-corrected chi connectivity index (χ0v) is 19.7. The normalized spacial score (nSPS) is 15.1. The third kappa shape index (κ3) is 4.44. The van der Waals surface area contributed by atoms with E-state index in [4.69, 9.17) is 14.2 Å². The van der Waals surface area contributed by atoms with Crippen LogP contribution in [0, 0.1) is 5.82 Å². The maximum atomic E-state index is 14.4. The van der Waals surface area contributed by atoms with Gasteiger partial charge in [-0.2, -0.15) is 11.3 Å². The lowest BCUT2D eigenvalue weighted by molar-refractivity contribution is -0.141. The van der Waals surface area contributed by atoms with Crippen molar-refractivity contribution in [2.45, 2.75) is 30.4 Å². The number of hydrogen-bond acceptors (Lipinski definition) is 8. The Bertz CT molecular complexity index is 1420. The van der Waals surface area contributed by atoms with Crippen molar-refractivity contribution >= 4 is 40.0 Å². The average Bonchev–Trinajstić information content (AvgIpc) is 3.39. The summed E-state index contributed by atoms with van der Waals surface area (Å²) in [7, 11) is 1.26. The zero-order valence-electron chi connectivity index (χ0n) is 18.0. The van der Waals surface area contributed by atoms with Crippen molar-refractivity contribution in [3.05, 3.63) is 86.1 Å². The summed E-state index contributed by atoms with van der Waals surface area (Å²) in [6, 6.07) is 11.6. The highest BCUT2D eigenvalue weighted by Gasteiger charge is 2.26. The van der Waals surface area contributed by atoms with E-state index in [9.17, 15) is 14.0 Å². The zero-order chi connectivity index (χ0) is 23.7. The molecule has 3 heterocycles. The lowest BCUT2D eigenvalue weighted by Gasteiger charge is -2.28. The molecule has 2 aromatic carbocycles. The summed E-state index contributed by atoms with van der Waals surface area (Å²) in [4.78, 5) is 29.6. The van der Waals surface area contributed by atoms with Crippen LogP contribution in [0.2, 0.25) is 0 Å². The van der Waals surface area contributed by atoms with E-state index in [0.29, 0.717) is 32.9 Å². The molecule has 0 spiro atoms. The standard InChI is InChI=1S/C24H19FN2O5S2/c1-30-20(28)10-27-22(29)18-4-2-3-5-19(18)26-24(27)34-13-16-9-17(25)8-15-11-31-23(32-21(15)16)14-6-7-33-12-14/h2-9,12,23H,10-11,13H2,1H3/t23-/m0/s1. The Labute approximate surface area is 202 Å². The van der Waals surface area contributed by atoms with E-state index in [2.05, 4.69) is 4.98 Å². The molecule has 0 radical (unpaired) electrons. The summed E-state index contributed by atoms with van der Waals surface area (Å²) in [5.74, 6) is -0.154. The van der Waals surface area contributed by atoms with Gasteiger partial charge in [0.2, 0.25) is 6.29 Å². The fourth-order valence-corrected chi connectivity index (χ4v) is 5.32. The van der Waals surface area contributed by atoms with Crippen molar-refractivity contribution < 1.29 is 23.4 Å². The van der Waals surface area contributed by atoms with Crippen LogP contribution in [0.15, 0.2) is 63.2 Å². The molecule has 10 heteroatoms. The van der Waals surface area contributed by atoms with Crippen LogP contribution in [-0.4, -0.2) is 22.6 Å². The van der Waals surface area contributed by atoms with Gasteiger partial charge >= 0.3 is 5.97 Å². The van der Waals surface area contributed by atoms with Crippen molar-refractivity contribution in [3.63, 3.8) is 0 Å². The van der Waals surface area contributed by atoms with Crippen molar-refractivity contribution in [3.8, 4) is 5.75 Å². The molecule has 34 heavy (non-hydrogen) atoms. The van der Waals surface area contributed by atoms with E-state index in [-0.39, 0.29) is 24.5 Å². The third-order valence-electron chi connectivity index (χ3n) is 5.34. The molecule has 1 aliphatic heterocycles. The second-order valence-electron chi connectivity index (χ2n) is 7.54. The lowest BCUT2D eigenvalue weighted by Crippen LogP contribution is -2.27. The highest BCUT2D eigenvalue weighted by molar-refractivity contribution is 7.98. The number of esters is 1. The third-order valence-corrected chi connectivity index (χ3v) is 7.06. The smallest absolute Gasteiger partial charge is 0.325 e. The number of nitrogens with zero attached hydrogens (tertiary/aromatic N) is 2. The Balaban J connectivity index is 1.49. The van der Waals surface area contributed by atoms with E-state index in [1.165, 1.54) is 46.9 Å². The SMILES string of the molecule is COC(=O)Cn1c(SCc2cc(F)cc3c2O[C@@H](c2ccsc2)OC3)nc2ccccc2c1=O. The van der Waals surface area contributed by atoms with E-state index < -0.39 is 18.1 Å². The molecular weight excluding hydrogens is 479 g/mol. The van der Waals surface area contributed by atoms with Crippen molar-refractivity contribution in [1.82, 2.24) is 9.55 Å². The summed E-state index contributed by atoms with van der Waals surface area (Å²) < 4.78 is 32.3. The highest BCUT2D eigenvalue weighted by Crippen LogP contribution is 2.39. The van der Waals surface area contributed by atoms with Gasteiger partial charge < -0.3 is 14.2 Å². The van der Waals surface area contributed by atoms with Crippen LogP contribution in [0.5, 0.6) is 5.75 Å². The van der Waals surface area contributed by atoms with Gasteiger partial charge in [-0.15, -0.1) is 0 Å². The number of hydrogen-bond donors (Lipinski definition) is 0. The van der Waals surface area contributed by atoms with Crippen molar-refractivity contribution in [2.75, 3.05) is 7.11 Å². The lowest BCUT2D eigenvalue weighted by atomic mass is 10.1. The van der Waals surface area contributed by atoms with E-state index >= 15 is 0 Å². The van der Waals surface area contributed by atoms with Crippen LogP contribution >= 0.6 is 23.1 Å².